The molecule has 1 amide bonds. The number of rotatable bonds is 7. The van der Waals surface area contributed by atoms with Gasteiger partial charge in [0.2, 0.25) is 5.91 Å². The van der Waals surface area contributed by atoms with Crippen molar-refractivity contribution in [3.63, 3.8) is 0 Å². The minimum atomic E-state index is -0.0832. The molecule has 4 rings (SSSR count). The zero-order valence-corrected chi connectivity index (χ0v) is 17.4. The predicted molar refractivity (Wildman–Crippen MR) is 122 cm³/mol. The van der Waals surface area contributed by atoms with Crippen molar-refractivity contribution in [1.82, 2.24) is 20.1 Å². The summed E-state index contributed by atoms with van der Waals surface area (Å²) in [6, 6.07) is 18.3. The molecule has 2 N–H and O–H groups in total. The number of aromatic nitrogens is 3. The number of nitrogens with zero attached hydrogens (tertiary/aromatic N) is 2. The molecule has 0 saturated carbocycles. The fourth-order valence-electron chi connectivity index (χ4n) is 3.76. The quantitative estimate of drug-likeness (QED) is 0.349. The summed E-state index contributed by atoms with van der Waals surface area (Å²) in [5.41, 5.74) is 6.35. The SMILES string of the molecule is Cc1nn(-c2ccccc2)c(C)c1C=CC(=O)NCCCc1c[nH]c2ccccc12. The third-order valence-electron chi connectivity index (χ3n) is 5.35. The lowest BCUT2D eigenvalue weighted by Crippen LogP contribution is -2.22. The molecule has 0 fully saturated rings. The molecule has 152 valence electrons. The first-order valence-electron chi connectivity index (χ1n) is 10.3. The van der Waals surface area contributed by atoms with Gasteiger partial charge in [-0.05, 0) is 56.5 Å². The van der Waals surface area contributed by atoms with E-state index in [-0.39, 0.29) is 5.91 Å². The van der Waals surface area contributed by atoms with E-state index in [1.807, 2.05) is 61.0 Å². The van der Waals surface area contributed by atoms with E-state index in [1.54, 1.807) is 6.08 Å². The summed E-state index contributed by atoms with van der Waals surface area (Å²) in [6.45, 7) is 4.63. The van der Waals surface area contributed by atoms with Crippen molar-refractivity contribution in [2.24, 2.45) is 0 Å². The van der Waals surface area contributed by atoms with Gasteiger partial charge in [-0.2, -0.15) is 5.10 Å². The van der Waals surface area contributed by atoms with E-state index in [0.717, 1.165) is 41.0 Å². The monoisotopic (exact) mass is 398 g/mol. The molecule has 5 heteroatoms. The Morgan fingerprint density at radius 3 is 2.70 bits per heavy atom. The summed E-state index contributed by atoms with van der Waals surface area (Å²) < 4.78 is 1.91. The molecular weight excluding hydrogens is 372 g/mol. The Morgan fingerprint density at radius 1 is 1.10 bits per heavy atom. The van der Waals surface area contributed by atoms with Gasteiger partial charge < -0.3 is 10.3 Å². The largest absolute Gasteiger partial charge is 0.361 e. The van der Waals surface area contributed by atoms with Crippen LogP contribution in [0.3, 0.4) is 0 Å². The first-order chi connectivity index (χ1) is 14.6. The van der Waals surface area contributed by atoms with Gasteiger partial charge in [0, 0.05) is 41.0 Å². The van der Waals surface area contributed by atoms with Gasteiger partial charge in [-0.1, -0.05) is 36.4 Å². The number of para-hydroxylation sites is 2. The van der Waals surface area contributed by atoms with Gasteiger partial charge in [-0.25, -0.2) is 4.68 Å². The fraction of sp³-hybridized carbons (Fsp3) is 0.200. The van der Waals surface area contributed by atoms with E-state index in [9.17, 15) is 4.79 Å². The number of nitrogens with one attached hydrogen (secondary N) is 2. The highest BCUT2D eigenvalue weighted by molar-refractivity contribution is 5.92. The molecule has 0 bridgehead atoms. The second-order valence-corrected chi connectivity index (χ2v) is 7.42. The molecule has 2 aromatic heterocycles. The van der Waals surface area contributed by atoms with Gasteiger partial charge in [0.1, 0.15) is 0 Å². The molecule has 2 heterocycles. The van der Waals surface area contributed by atoms with Crippen molar-refractivity contribution in [3.8, 4) is 5.69 Å². The highest BCUT2D eigenvalue weighted by Crippen LogP contribution is 2.20. The van der Waals surface area contributed by atoms with E-state index < -0.39 is 0 Å². The van der Waals surface area contributed by atoms with Gasteiger partial charge in [0.25, 0.3) is 0 Å². The van der Waals surface area contributed by atoms with E-state index in [0.29, 0.717) is 6.54 Å². The molecule has 0 saturated heterocycles. The van der Waals surface area contributed by atoms with Crippen LogP contribution in [-0.2, 0) is 11.2 Å². The van der Waals surface area contributed by atoms with Gasteiger partial charge in [0.05, 0.1) is 11.4 Å². The molecule has 30 heavy (non-hydrogen) atoms. The molecule has 2 aromatic carbocycles. The highest BCUT2D eigenvalue weighted by atomic mass is 16.1. The summed E-state index contributed by atoms with van der Waals surface area (Å²) in [6.07, 6.45) is 7.33. The smallest absolute Gasteiger partial charge is 0.244 e. The molecule has 0 aliphatic carbocycles. The second kappa shape index (κ2) is 8.82. The minimum absolute atomic E-state index is 0.0832. The van der Waals surface area contributed by atoms with E-state index in [4.69, 9.17) is 0 Å². The van der Waals surface area contributed by atoms with Gasteiger partial charge in [-0.3, -0.25) is 4.79 Å². The Morgan fingerprint density at radius 2 is 1.87 bits per heavy atom. The van der Waals surface area contributed by atoms with E-state index in [2.05, 4.69) is 39.8 Å². The minimum Gasteiger partial charge on any atom is -0.361 e. The van der Waals surface area contributed by atoms with E-state index >= 15 is 0 Å². The van der Waals surface area contributed by atoms with Crippen molar-refractivity contribution in [1.29, 1.82) is 0 Å². The van der Waals surface area contributed by atoms with Crippen LogP contribution in [0.15, 0.2) is 66.9 Å². The van der Waals surface area contributed by atoms with Crippen LogP contribution in [0.2, 0.25) is 0 Å². The average molecular weight is 399 g/mol. The topological polar surface area (TPSA) is 62.7 Å². The summed E-state index contributed by atoms with van der Waals surface area (Å²) >= 11 is 0. The average Bonchev–Trinajstić information content (AvgIpc) is 3.31. The maximum Gasteiger partial charge on any atom is 0.244 e. The van der Waals surface area contributed by atoms with Crippen LogP contribution < -0.4 is 5.32 Å². The Kier molecular flexibility index (Phi) is 5.80. The highest BCUT2D eigenvalue weighted by Gasteiger charge is 2.10. The van der Waals surface area contributed by atoms with Gasteiger partial charge >= 0.3 is 0 Å². The molecule has 0 aliphatic heterocycles. The van der Waals surface area contributed by atoms with E-state index in [1.165, 1.54) is 10.9 Å². The predicted octanol–water partition coefficient (Wildman–Crippen LogP) is 4.73. The number of hydrogen-bond donors (Lipinski definition) is 2. The number of H-pyrrole nitrogens is 1. The number of amides is 1. The lowest BCUT2D eigenvalue weighted by molar-refractivity contribution is -0.116. The first-order valence-corrected chi connectivity index (χ1v) is 10.3. The summed E-state index contributed by atoms with van der Waals surface area (Å²) in [7, 11) is 0. The summed E-state index contributed by atoms with van der Waals surface area (Å²) in [5.74, 6) is -0.0832. The molecule has 0 unspecified atom stereocenters. The second-order valence-electron chi connectivity index (χ2n) is 7.42. The Hall–Kier alpha value is -3.60. The van der Waals surface area contributed by atoms with Crippen LogP contribution in [0.25, 0.3) is 22.7 Å². The van der Waals surface area contributed by atoms with Crippen LogP contribution in [0.1, 0.15) is 28.9 Å². The number of aryl methyl sites for hydroxylation is 2. The molecule has 0 spiro atoms. The normalized spacial score (nSPS) is 11.4. The van der Waals surface area contributed by atoms with Gasteiger partial charge in [0.15, 0.2) is 0 Å². The first kappa shape index (κ1) is 19.7. The van der Waals surface area contributed by atoms with Crippen molar-refractivity contribution in [2.75, 3.05) is 6.54 Å². The molecule has 0 aliphatic rings. The van der Waals surface area contributed by atoms with Crippen molar-refractivity contribution in [3.05, 3.63) is 89.4 Å². The molecule has 0 radical (unpaired) electrons. The Bertz CT molecular complexity index is 1180. The number of carbonyl (C=O) groups is 1. The number of fused-ring (bicyclic) bond motifs is 1. The number of aromatic amines is 1. The standard InChI is InChI=1S/C25H26N4O/c1-18-22(19(2)29(28-18)21-10-4-3-5-11-21)14-15-25(30)26-16-8-9-20-17-27-24-13-7-6-12-23(20)24/h3-7,10-15,17,27H,8-9,16H2,1-2H3,(H,26,30). The fourth-order valence-corrected chi connectivity index (χ4v) is 3.76. The number of hydrogen-bond acceptors (Lipinski definition) is 2. The zero-order chi connectivity index (χ0) is 20.9. The lowest BCUT2D eigenvalue weighted by atomic mass is 10.1. The van der Waals surface area contributed by atoms with Crippen molar-refractivity contribution >= 4 is 22.9 Å². The number of carbonyl (C=O) groups excluding carboxylic acids is 1. The van der Waals surface area contributed by atoms with Gasteiger partial charge in [-0.15, -0.1) is 0 Å². The van der Waals surface area contributed by atoms with Crippen LogP contribution in [0.4, 0.5) is 0 Å². The summed E-state index contributed by atoms with van der Waals surface area (Å²) in [4.78, 5) is 15.6. The third-order valence-corrected chi connectivity index (χ3v) is 5.35. The lowest BCUT2D eigenvalue weighted by Gasteiger charge is -2.04. The molecular formula is C25H26N4O. The Balaban J connectivity index is 1.32. The number of benzene rings is 2. The van der Waals surface area contributed by atoms with Crippen molar-refractivity contribution < 1.29 is 4.79 Å². The maximum absolute atomic E-state index is 12.3. The molecule has 5 nitrogen and oxygen atoms in total. The van der Waals surface area contributed by atoms with Crippen LogP contribution in [0, 0.1) is 13.8 Å². The Labute approximate surface area is 176 Å². The summed E-state index contributed by atoms with van der Waals surface area (Å²) in [5, 5.41) is 8.85. The van der Waals surface area contributed by atoms with Crippen molar-refractivity contribution in [2.45, 2.75) is 26.7 Å². The third kappa shape index (κ3) is 4.20. The maximum atomic E-state index is 12.3. The molecule has 4 aromatic rings. The van der Waals surface area contributed by atoms with Crippen LogP contribution >= 0.6 is 0 Å². The molecule has 0 atom stereocenters. The van der Waals surface area contributed by atoms with Crippen LogP contribution in [-0.4, -0.2) is 27.2 Å². The zero-order valence-electron chi connectivity index (χ0n) is 17.4. The van der Waals surface area contributed by atoms with Crippen LogP contribution in [0.5, 0.6) is 0 Å².